The van der Waals surface area contributed by atoms with E-state index in [0.717, 1.165) is 0 Å². The molecular formula is C14H20O5. The normalized spacial score (nSPS) is 13.7. The highest BCUT2D eigenvalue weighted by Crippen LogP contribution is 2.22. The van der Waals surface area contributed by atoms with Gasteiger partial charge in [0, 0.05) is 0 Å². The van der Waals surface area contributed by atoms with E-state index in [1.807, 2.05) is 6.92 Å². The van der Waals surface area contributed by atoms with E-state index in [2.05, 4.69) is 0 Å². The first kappa shape index (κ1) is 15.5. The second-order valence-corrected chi connectivity index (χ2v) is 4.02. The maximum absolute atomic E-state index is 11.2. The number of carbonyl (C=O) groups is 1. The van der Waals surface area contributed by atoms with Gasteiger partial charge in [0.05, 0.1) is 25.7 Å². The number of carbonyl (C=O) groups excluding carboxylic acids is 1. The molecule has 1 aromatic rings. The highest BCUT2D eigenvalue weighted by atomic mass is 16.5. The van der Waals surface area contributed by atoms with Crippen molar-refractivity contribution in [3.05, 3.63) is 29.8 Å². The zero-order chi connectivity index (χ0) is 14.3. The number of hydrogen-bond acceptors (Lipinski definition) is 5. The van der Waals surface area contributed by atoms with E-state index in [1.165, 1.54) is 0 Å². The van der Waals surface area contributed by atoms with Gasteiger partial charge >= 0.3 is 5.97 Å². The number of ether oxygens (including phenoxy) is 2. The van der Waals surface area contributed by atoms with Crippen LogP contribution in [0, 0.1) is 0 Å². The lowest BCUT2D eigenvalue weighted by molar-refractivity contribution is -0.147. The molecule has 0 radical (unpaired) electrons. The van der Waals surface area contributed by atoms with Crippen LogP contribution in [-0.2, 0) is 9.53 Å². The minimum atomic E-state index is -1.18. The molecule has 19 heavy (non-hydrogen) atoms. The van der Waals surface area contributed by atoms with E-state index in [9.17, 15) is 15.0 Å². The third kappa shape index (κ3) is 4.89. The van der Waals surface area contributed by atoms with Crippen molar-refractivity contribution in [3.63, 3.8) is 0 Å². The number of hydrogen-bond donors (Lipinski definition) is 2. The van der Waals surface area contributed by atoms with Crippen LogP contribution in [0.3, 0.4) is 0 Å². The fourth-order valence-corrected chi connectivity index (χ4v) is 1.65. The van der Waals surface area contributed by atoms with Crippen LogP contribution in [0.1, 0.15) is 31.9 Å². The highest BCUT2D eigenvalue weighted by molar-refractivity contribution is 5.70. The molecule has 5 nitrogen and oxygen atoms in total. The van der Waals surface area contributed by atoms with Crippen molar-refractivity contribution in [1.29, 1.82) is 0 Å². The summed E-state index contributed by atoms with van der Waals surface area (Å²) in [5, 5.41) is 19.7. The monoisotopic (exact) mass is 268 g/mol. The molecule has 5 heteroatoms. The molecule has 0 aromatic heterocycles. The maximum Gasteiger partial charge on any atom is 0.308 e. The molecule has 0 saturated carbocycles. The van der Waals surface area contributed by atoms with Gasteiger partial charge in [-0.1, -0.05) is 12.1 Å². The summed E-state index contributed by atoms with van der Waals surface area (Å²) in [6.07, 6.45) is -2.54. The van der Waals surface area contributed by atoms with Gasteiger partial charge in [-0.15, -0.1) is 0 Å². The Bertz CT molecular complexity index is 387. The van der Waals surface area contributed by atoms with E-state index >= 15 is 0 Å². The van der Waals surface area contributed by atoms with Crippen molar-refractivity contribution in [1.82, 2.24) is 0 Å². The average Bonchev–Trinajstić information content (AvgIpc) is 2.39. The summed E-state index contributed by atoms with van der Waals surface area (Å²) in [4.78, 5) is 11.2. The molecule has 0 heterocycles. The number of aliphatic hydroxyl groups is 2. The predicted octanol–water partition coefficient (Wildman–Crippen LogP) is 1.43. The Hall–Kier alpha value is -1.59. The van der Waals surface area contributed by atoms with E-state index in [0.29, 0.717) is 17.9 Å². The number of esters is 1. The van der Waals surface area contributed by atoms with Crippen LogP contribution in [0.4, 0.5) is 0 Å². The van der Waals surface area contributed by atoms with Crippen molar-refractivity contribution in [2.24, 2.45) is 0 Å². The third-order valence-electron chi connectivity index (χ3n) is 2.58. The zero-order valence-electron chi connectivity index (χ0n) is 11.2. The number of rotatable bonds is 7. The van der Waals surface area contributed by atoms with Gasteiger partial charge < -0.3 is 19.7 Å². The lowest BCUT2D eigenvalue weighted by atomic mass is 10.0. The predicted molar refractivity (Wildman–Crippen MR) is 69.8 cm³/mol. The maximum atomic E-state index is 11.2. The van der Waals surface area contributed by atoms with Gasteiger partial charge in [0.2, 0.25) is 0 Å². The first-order valence-corrected chi connectivity index (χ1v) is 6.33. The second kappa shape index (κ2) is 7.76. The quantitative estimate of drug-likeness (QED) is 0.732. The fourth-order valence-electron chi connectivity index (χ4n) is 1.65. The second-order valence-electron chi connectivity index (χ2n) is 4.02. The molecule has 2 N–H and O–H groups in total. The molecule has 2 atom stereocenters. The van der Waals surface area contributed by atoms with Crippen molar-refractivity contribution in [3.8, 4) is 5.75 Å². The van der Waals surface area contributed by atoms with Crippen molar-refractivity contribution in [2.45, 2.75) is 32.5 Å². The Morgan fingerprint density at radius 2 is 1.79 bits per heavy atom. The van der Waals surface area contributed by atoms with Gasteiger partial charge in [-0.05, 0) is 31.5 Å². The Morgan fingerprint density at radius 1 is 1.16 bits per heavy atom. The molecule has 0 aliphatic heterocycles. The Kier molecular flexibility index (Phi) is 6.32. The standard InChI is InChI=1S/C14H20O5/c1-3-18-11-7-5-10(6-8-11)14(17)12(15)9-13(16)19-4-2/h5-8,12,14-15,17H,3-4,9H2,1-2H3. The summed E-state index contributed by atoms with van der Waals surface area (Å²) >= 11 is 0. The first-order valence-electron chi connectivity index (χ1n) is 6.33. The molecular weight excluding hydrogens is 248 g/mol. The molecule has 106 valence electrons. The van der Waals surface area contributed by atoms with Gasteiger partial charge in [-0.25, -0.2) is 0 Å². The summed E-state index contributed by atoms with van der Waals surface area (Å²) in [6.45, 7) is 4.39. The summed E-state index contributed by atoms with van der Waals surface area (Å²) in [5.41, 5.74) is 0.528. The largest absolute Gasteiger partial charge is 0.494 e. The summed E-state index contributed by atoms with van der Waals surface area (Å²) in [5.74, 6) is 0.165. The van der Waals surface area contributed by atoms with E-state index in [1.54, 1.807) is 31.2 Å². The van der Waals surface area contributed by atoms with Crippen LogP contribution in [0.15, 0.2) is 24.3 Å². The van der Waals surface area contributed by atoms with Crippen LogP contribution in [0.25, 0.3) is 0 Å². The topological polar surface area (TPSA) is 76.0 Å². The molecule has 0 spiro atoms. The molecule has 0 saturated heterocycles. The van der Waals surface area contributed by atoms with Gasteiger partial charge in [-0.3, -0.25) is 4.79 Å². The summed E-state index contributed by atoms with van der Waals surface area (Å²) < 4.78 is 10.00. The molecule has 0 fully saturated rings. The molecule has 0 aliphatic rings. The Morgan fingerprint density at radius 3 is 2.32 bits per heavy atom. The minimum absolute atomic E-state index is 0.234. The van der Waals surface area contributed by atoms with Crippen molar-refractivity contribution in [2.75, 3.05) is 13.2 Å². The Labute approximate surface area is 112 Å². The molecule has 0 amide bonds. The van der Waals surface area contributed by atoms with E-state index in [-0.39, 0.29) is 13.0 Å². The first-order chi connectivity index (χ1) is 9.08. The van der Waals surface area contributed by atoms with Crippen LogP contribution in [0.5, 0.6) is 5.75 Å². The minimum Gasteiger partial charge on any atom is -0.494 e. The number of aliphatic hydroxyl groups excluding tert-OH is 2. The average molecular weight is 268 g/mol. The van der Waals surface area contributed by atoms with Gasteiger partial charge in [0.15, 0.2) is 0 Å². The van der Waals surface area contributed by atoms with Gasteiger partial charge in [0.25, 0.3) is 0 Å². The SMILES string of the molecule is CCOC(=O)CC(O)C(O)c1ccc(OCC)cc1. The van der Waals surface area contributed by atoms with Crippen LogP contribution < -0.4 is 4.74 Å². The van der Waals surface area contributed by atoms with Crippen molar-refractivity contribution < 1.29 is 24.5 Å². The lowest BCUT2D eigenvalue weighted by Gasteiger charge is -2.17. The smallest absolute Gasteiger partial charge is 0.308 e. The molecule has 0 bridgehead atoms. The zero-order valence-corrected chi connectivity index (χ0v) is 11.2. The number of benzene rings is 1. The highest BCUT2D eigenvalue weighted by Gasteiger charge is 2.22. The summed E-state index contributed by atoms with van der Waals surface area (Å²) in [7, 11) is 0. The lowest BCUT2D eigenvalue weighted by Crippen LogP contribution is -2.23. The molecule has 1 aromatic carbocycles. The molecule has 0 aliphatic carbocycles. The van der Waals surface area contributed by atoms with Crippen LogP contribution >= 0.6 is 0 Å². The van der Waals surface area contributed by atoms with Crippen LogP contribution in [-0.4, -0.2) is 35.5 Å². The van der Waals surface area contributed by atoms with Gasteiger partial charge in [-0.2, -0.15) is 0 Å². The fraction of sp³-hybridized carbons (Fsp3) is 0.500. The van der Waals surface area contributed by atoms with Gasteiger partial charge in [0.1, 0.15) is 11.9 Å². The third-order valence-corrected chi connectivity index (χ3v) is 2.58. The van der Waals surface area contributed by atoms with E-state index < -0.39 is 18.2 Å². The van der Waals surface area contributed by atoms with E-state index in [4.69, 9.17) is 9.47 Å². The molecule has 1 rings (SSSR count). The summed E-state index contributed by atoms with van der Waals surface area (Å²) in [6, 6.07) is 6.73. The molecule has 2 unspecified atom stereocenters. The van der Waals surface area contributed by atoms with Crippen molar-refractivity contribution >= 4 is 5.97 Å². The Balaban J connectivity index is 2.60. The van der Waals surface area contributed by atoms with Crippen LogP contribution in [0.2, 0.25) is 0 Å².